The summed E-state index contributed by atoms with van der Waals surface area (Å²) in [7, 11) is 0. The molecular formula is C16H17NO3. The van der Waals surface area contributed by atoms with Crippen LogP contribution in [-0.4, -0.2) is 27.9 Å². The second-order valence-electron chi connectivity index (χ2n) is 4.68. The van der Waals surface area contributed by atoms with E-state index in [-0.39, 0.29) is 5.91 Å². The SMILES string of the molecule is CC=CC=CC(=O)N1Cc2ccccc2C[C@H]1C(=O)O. The summed E-state index contributed by atoms with van der Waals surface area (Å²) in [5, 5.41) is 9.32. The third kappa shape index (κ3) is 2.96. The van der Waals surface area contributed by atoms with Gasteiger partial charge in [-0.3, -0.25) is 4.79 Å². The molecule has 1 aliphatic heterocycles. The molecule has 0 radical (unpaired) electrons. The second-order valence-corrected chi connectivity index (χ2v) is 4.68. The van der Waals surface area contributed by atoms with Gasteiger partial charge in [-0.2, -0.15) is 0 Å². The van der Waals surface area contributed by atoms with E-state index in [1.54, 1.807) is 12.2 Å². The van der Waals surface area contributed by atoms with Gasteiger partial charge in [-0.05, 0) is 18.1 Å². The predicted octanol–water partition coefficient (Wildman–Crippen LogP) is 2.16. The predicted molar refractivity (Wildman–Crippen MR) is 76.1 cm³/mol. The molecule has 0 aliphatic carbocycles. The van der Waals surface area contributed by atoms with Crippen LogP contribution < -0.4 is 0 Å². The Balaban J connectivity index is 2.26. The number of aliphatic carboxylic acids is 1. The van der Waals surface area contributed by atoms with Crippen LogP contribution >= 0.6 is 0 Å². The fourth-order valence-corrected chi connectivity index (χ4v) is 2.32. The highest BCUT2D eigenvalue weighted by molar-refractivity contribution is 5.91. The number of benzene rings is 1. The molecule has 1 amide bonds. The number of carbonyl (C=O) groups excluding carboxylic acids is 1. The standard InChI is InChI=1S/C16H17NO3/c1-2-3-4-9-15(18)17-11-13-8-6-5-7-12(13)10-14(17)16(19)20/h2-9,14H,10-11H2,1H3,(H,19,20)/t14-/m0/s1. The molecule has 20 heavy (non-hydrogen) atoms. The van der Waals surface area contributed by atoms with Gasteiger partial charge < -0.3 is 10.0 Å². The van der Waals surface area contributed by atoms with Gasteiger partial charge in [0.2, 0.25) is 5.91 Å². The minimum absolute atomic E-state index is 0.273. The van der Waals surface area contributed by atoms with Crippen LogP contribution in [0.1, 0.15) is 18.1 Å². The number of carbonyl (C=O) groups is 2. The average Bonchev–Trinajstić information content (AvgIpc) is 2.46. The molecule has 104 valence electrons. The van der Waals surface area contributed by atoms with E-state index in [2.05, 4.69) is 0 Å². The van der Waals surface area contributed by atoms with Crippen LogP contribution in [0.15, 0.2) is 48.6 Å². The Morgan fingerprint density at radius 2 is 1.95 bits per heavy atom. The molecule has 1 N–H and O–H groups in total. The molecule has 0 fully saturated rings. The summed E-state index contributed by atoms with van der Waals surface area (Å²) >= 11 is 0. The van der Waals surface area contributed by atoms with Gasteiger partial charge >= 0.3 is 5.97 Å². The monoisotopic (exact) mass is 271 g/mol. The summed E-state index contributed by atoms with van der Waals surface area (Å²) in [6.07, 6.45) is 6.94. The van der Waals surface area contributed by atoms with Gasteiger partial charge in [-0.25, -0.2) is 4.79 Å². The highest BCUT2D eigenvalue weighted by Crippen LogP contribution is 2.23. The summed E-state index contributed by atoms with van der Waals surface area (Å²) in [6.45, 7) is 2.19. The minimum Gasteiger partial charge on any atom is -0.480 e. The molecule has 1 aromatic carbocycles. The number of carboxylic acids is 1. The van der Waals surface area contributed by atoms with Crippen molar-refractivity contribution in [2.24, 2.45) is 0 Å². The highest BCUT2D eigenvalue weighted by atomic mass is 16.4. The zero-order chi connectivity index (χ0) is 14.5. The molecule has 4 heteroatoms. The number of hydrogen-bond donors (Lipinski definition) is 1. The molecule has 1 heterocycles. The van der Waals surface area contributed by atoms with E-state index in [1.165, 1.54) is 11.0 Å². The molecule has 1 aliphatic rings. The molecule has 0 bridgehead atoms. The highest BCUT2D eigenvalue weighted by Gasteiger charge is 2.33. The van der Waals surface area contributed by atoms with E-state index in [9.17, 15) is 14.7 Å². The minimum atomic E-state index is -0.965. The van der Waals surface area contributed by atoms with E-state index in [1.807, 2.05) is 37.3 Å². The van der Waals surface area contributed by atoms with Crippen LogP contribution in [-0.2, 0) is 22.6 Å². The topological polar surface area (TPSA) is 57.6 Å². The van der Waals surface area contributed by atoms with Crippen molar-refractivity contribution in [1.82, 2.24) is 4.90 Å². The molecule has 0 spiro atoms. The number of rotatable bonds is 3. The van der Waals surface area contributed by atoms with Crippen LogP contribution in [0.5, 0.6) is 0 Å². The van der Waals surface area contributed by atoms with Crippen molar-refractivity contribution in [1.29, 1.82) is 0 Å². The van der Waals surface area contributed by atoms with Gasteiger partial charge in [-0.1, -0.05) is 42.5 Å². The van der Waals surface area contributed by atoms with Crippen LogP contribution in [0.3, 0.4) is 0 Å². The first-order chi connectivity index (χ1) is 9.63. The van der Waals surface area contributed by atoms with E-state index in [0.717, 1.165) is 11.1 Å². The van der Waals surface area contributed by atoms with Crippen LogP contribution in [0, 0.1) is 0 Å². The van der Waals surface area contributed by atoms with Crippen molar-refractivity contribution in [2.75, 3.05) is 0 Å². The smallest absolute Gasteiger partial charge is 0.326 e. The van der Waals surface area contributed by atoms with Crippen molar-refractivity contribution < 1.29 is 14.7 Å². The largest absolute Gasteiger partial charge is 0.480 e. The van der Waals surface area contributed by atoms with Gasteiger partial charge in [0.05, 0.1) is 0 Å². The van der Waals surface area contributed by atoms with Crippen molar-refractivity contribution in [3.63, 3.8) is 0 Å². The van der Waals surface area contributed by atoms with E-state index >= 15 is 0 Å². The van der Waals surface area contributed by atoms with Gasteiger partial charge in [0.25, 0.3) is 0 Å². The fourth-order valence-electron chi connectivity index (χ4n) is 2.32. The maximum Gasteiger partial charge on any atom is 0.326 e. The molecule has 1 aromatic rings. The molecule has 2 rings (SSSR count). The second kappa shape index (κ2) is 6.19. The van der Waals surface area contributed by atoms with Crippen molar-refractivity contribution in [3.8, 4) is 0 Å². The number of amides is 1. The first kappa shape index (κ1) is 14.1. The third-order valence-corrected chi connectivity index (χ3v) is 3.36. The third-order valence-electron chi connectivity index (χ3n) is 3.36. The number of nitrogens with zero attached hydrogens (tertiary/aromatic N) is 1. The number of fused-ring (bicyclic) bond motifs is 1. The fraction of sp³-hybridized carbons (Fsp3) is 0.250. The Morgan fingerprint density at radius 3 is 2.60 bits per heavy atom. The molecular weight excluding hydrogens is 254 g/mol. The van der Waals surface area contributed by atoms with Gasteiger partial charge in [-0.15, -0.1) is 0 Å². The van der Waals surface area contributed by atoms with Gasteiger partial charge in [0.15, 0.2) is 0 Å². The Morgan fingerprint density at radius 1 is 1.25 bits per heavy atom. The Kier molecular flexibility index (Phi) is 4.35. The van der Waals surface area contributed by atoms with E-state index in [4.69, 9.17) is 0 Å². The summed E-state index contributed by atoms with van der Waals surface area (Å²) < 4.78 is 0. The number of hydrogen-bond acceptors (Lipinski definition) is 2. The molecule has 0 saturated carbocycles. The summed E-state index contributed by atoms with van der Waals surface area (Å²) in [5.74, 6) is -1.24. The number of carboxylic acid groups (broad SMARTS) is 1. The summed E-state index contributed by atoms with van der Waals surface area (Å²) in [4.78, 5) is 24.9. The van der Waals surface area contributed by atoms with Gasteiger partial charge in [0, 0.05) is 19.0 Å². The summed E-state index contributed by atoms with van der Waals surface area (Å²) in [5.41, 5.74) is 2.01. The quantitative estimate of drug-likeness (QED) is 0.677. The number of allylic oxidation sites excluding steroid dienone is 3. The molecule has 4 nitrogen and oxygen atoms in total. The maximum atomic E-state index is 12.1. The Hall–Kier alpha value is -2.36. The normalized spacial score (nSPS) is 18.4. The average molecular weight is 271 g/mol. The van der Waals surface area contributed by atoms with E-state index in [0.29, 0.717) is 13.0 Å². The Labute approximate surface area is 118 Å². The molecule has 0 aromatic heterocycles. The van der Waals surface area contributed by atoms with Crippen molar-refractivity contribution >= 4 is 11.9 Å². The van der Waals surface area contributed by atoms with Crippen LogP contribution in [0.4, 0.5) is 0 Å². The van der Waals surface area contributed by atoms with E-state index < -0.39 is 12.0 Å². The van der Waals surface area contributed by atoms with Crippen molar-refractivity contribution in [3.05, 3.63) is 59.7 Å². The first-order valence-electron chi connectivity index (χ1n) is 6.53. The lowest BCUT2D eigenvalue weighted by Crippen LogP contribution is -2.48. The lowest BCUT2D eigenvalue weighted by molar-refractivity contribution is -0.149. The van der Waals surface area contributed by atoms with Crippen molar-refractivity contribution in [2.45, 2.75) is 25.9 Å². The maximum absolute atomic E-state index is 12.1. The lowest BCUT2D eigenvalue weighted by Gasteiger charge is -2.33. The Bertz CT molecular complexity index is 575. The van der Waals surface area contributed by atoms with Crippen LogP contribution in [0.2, 0.25) is 0 Å². The zero-order valence-corrected chi connectivity index (χ0v) is 11.3. The van der Waals surface area contributed by atoms with Crippen LogP contribution in [0.25, 0.3) is 0 Å². The molecule has 1 atom stereocenters. The summed E-state index contributed by atoms with van der Waals surface area (Å²) in [6, 6.07) is 6.85. The lowest BCUT2D eigenvalue weighted by atomic mass is 9.94. The van der Waals surface area contributed by atoms with Gasteiger partial charge in [0.1, 0.15) is 6.04 Å². The first-order valence-corrected chi connectivity index (χ1v) is 6.53. The molecule has 0 unspecified atom stereocenters. The molecule has 0 saturated heterocycles. The zero-order valence-electron chi connectivity index (χ0n) is 11.3.